The summed E-state index contributed by atoms with van der Waals surface area (Å²) in [6, 6.07) is 6.75. The standard InChI is InChI=1S/C15H22BNO4/c1-6-13(18)17-12-10-8-7-9-11(12)16(20)21-15(4,5)14(2,3)19/h6-10,19-20H,1H2,2-5H3,(H,17,18). The second-order valence-electron chi connectivity index (χ2n) is 5.82. The Bertz CT molecular complexity index is 523. The monoisotopic (exact) mass is 291 g/mol. The molecule has 0 aromatic heterocycles. The summed E-state index contributed by atoms with van der Waals surface area (Å²) < 4.78 is 5.57. The van der Waals surface area contributed by atoms with Crippen molar-refractivity contribution in [2.75, 3.05) is 5.32 Å². The average molecular weight is 291 g/mol. The molecule has 1 aromatic carbocycles. The highest BCUT2D eigenvalue weighted by molar-refractivity contribution is 6.62. The molecule has 0 saturated heterocycles. The second kappa shape index (κ2) is 6.43. The molecule has 1 aromatic rings. The van der Waals surface area contributed by atoms with E-state index in [2.05, 4.69) is 11.9 Å². The van der Waals surface area contributed by atoms with Gasteiger partial charge in [0.05, 0.1) is 11.2 Å². The number of aliphatic hydroxyl groups is 1. The molecule has 3 N–H and O–H groups in total. The number of anilines is 1. The van der Waals surface area contributed by atoms with Crippen LogP contribution in [-0.2, 0) is 9.45 Å². The van der Waals surface area contributed by atoms with E-state index < -0.39 is 18.3 Å². The molecule has 0 spiro atoms. The summed E-state index contributed by atoms with van der Waals surface area (Å²) in [7, 11) is -1.28. The predicted molar refractivity (Wildman–Crippen MR) is 84.3 cm³/mol. The third-order valence-corrected chi connectivity index (χ3v) is 3.55. The van der Waals surface area contributed by atoms with E-state index in [9.17, 15) is 14.9 Å². The molecule has 0 saturated carbocycles. The van der Waals surface area contributed by atoms with Crippen molar-refractivity contribution in [2.45, 2.75) is 38.9 Å². The molecule has 6 heteroatoms. The normalized spacial score (nSPS) is 11.9. The minimum atomic E-state index is -1.28. The Hall–Kier alpha value is -1.63. The third kappa shape index (κ3) is 4.42. The van der Waals surface area contributed by atoms with Crippen molar-refractivity contribution in [3.8, 4) is 0 Å². The van der Waals surface area contributed by atoms with Crippen LogP contribution in [0.3, 0.4) is 0 Å². The molecule has 0 aliphatic carbocycles. The van der Waals surface area contributed by atoms with Gasteiger partial charge in [-0.1, -0.05) is 24.8 Å². The number of nitrogens with one attached hydrogen (secondary N) is 1. The van der Waals surface area contributed by atoms with E-state index in [0.29, 0.717) is 11.2 Å². The molecule has 1 rings (SSSR count). The van der Waals surface area contributed by atoms with E-state index in [1.54, 1.807) is 52.0 Å². The molecular weight excluding hydrogens is 269 g/mol. The van der Waals surface area contributed by atoms with Crippen LogP contribution in [0, 0.1) is 0 Å². The smallest absolute Gasteiger partial charge is 0.423 e. The van der Waals surface area contributed by atoms with Crippen LogP contribution in [-0.4, -0.2) is 34.4 Å². The van der Waals surface area contributed by atoms with E-state index in [1.165, 1.54) is 0 Å². The van der Waals surface area contributed by atoms with Gasteiger partial charge in [0.15, 0.2) is 0 Å². The number of carbonyl (C=O) groups is 1. The Morgan fingerprint density at radius 3 is 2.43 bits per heavy atom. The van der Waals surface area contributed by atoms with Crippen LogP contribution in [0.15, 0.2) is 36.9 Å². The van der Waals surface area contributed by atoms with E-state index in [0.717, 1.165) is 6.08 Å². The zero-order valence-corrected chi connectivity index (χ0v) is 12.9. The van der Waals surface area contributed by atoms with E-state index in [1.807, 2.05) is 0 Å². The summed E-state index contributed by atoms with van der Waals surface area (Å²) in [4.78, 5) is 11.4. The maximum atomic E-state index is 11.4. The van der Waals surface area contributed by atoms with E-state index >= 15 is 0 Å². The zero-order valence-electron chi connectivity index (χ0n) is 12.9. The minimum Gasteiger partial charge on any atom is -0.423 e. The molecule has 114 valence electrons. The van der Waals surface area contributed by atoms with Crippen molar-refractivity contribution in [1.82, 2.24) is 0 Å². The van der Waals surface area contributed by atoms with Crippen molar-refractivity contribution >= 4 is 24.2 Å². The van der Waals surface area contributed by atoms with Crippen LogP contribution in [0.4, 0.5) is 5.69 Å². The molecule has 0 heterocycles. The van der Waals surface area contributed by atoms with Gasteiger partial charge < -0.3 is 20.1 Å². The number of hydrogen-bond acceptors (Lipinski definition) is 4. The van der Waals surface area contributed by atoms with Crippen LogP contribution < -0.4 is 10.8 Å². The quantitative estimate of drug-likeness (QED) is 0.541. The van der Waals surface area contributed by atoms with Crippen molar-refractivity contribution < 1.29 is 19.6 Å². The lowest BCUT2D eigenvalue weighted by atomic mass is 9.75. The zero-order chi connectivity index (χ0) is 16.3. The summed E-state index contributed by atoms with van der Waals surface area (Å²) in [6.45, 7) is 9.95. The molecule has 0 aliphatic rings. The first kappa shape index (κ1) is 17.4. The number of para-hydroxylation sites is 1. The molecule has 0 radical (unpaired) electrons. The first-order chi connectivity index (χ1) is 9.58. The first-order valence-corrected chi connectivity index (χ1v) is 6.69. The predicted octanol–water partition coefficient (Wildman–Crippen LogP) is 1.06. The summed E-state index contributed by atoms with van der Waals surface area (Å²) in [5.74, 6) is -0.378. The first-order valence-electron chi connectivity index (χ1n) is 6.69. The van der Waals surface area contributed by atoms with Crippen molar-refractivity contribution in [3.05, 3.63) is 36.9 Å². The Kier molecular flexibility index (Phi) is 5.33. The fraction of sp³-hybridized carbons (Fsp3) is 0.400. The maximum Gasteiger partial charge on any atom is 0.493 e. The molecule has 0 bridgehead atoms. The van der Waals surface area contributed by atoms with Gasteiger partial charge in [-0.25, -0.2) is 0 Å². The van der Waals surface area contributed by atoms with Gasteiger partial charge >= 0.3 is 7.12 Å². The molecular formula is C15H22BNO4. The fourth-order valence-electron chi connectivity index (χ4n) is 1.50. The van der Waals surface area contributed by atoms with Crippen LogP contribution >= 0.6 is 0 Å². The summed E-state index contributed by atoms with van der Waals surface area (Å²) in [5.41, 5.74) is -1.29. The summed E-state index contributed by atoms with van der Waals surface area (Å²) in [5, 5.41) is 23.0. The van der Waals surface area contributed by atoms with Crippen LogP contribution in [0.1, 0.15) is 27.7 Å². The largest absolute Gasteiger partial charge is 0.493 e. The molecule has 0 fully saturated rings. The van der Waals surface area contributed by atoms with Crippen LogP contribution in [0.5, 0.6) is 0 Å². The number of benzene rings is 1. The van der Waals surface area contributed by atoms with E-state index in [4.69, 9.17) is 4.65 Å². The molecule has 1 amide bonds. The molecule has 0 unspecified atom stereocenters. The number of rotatable bonds is 6. The summed E-state index contributed by atoms with van der Waals surface area (Å²) >= 11 is 0. The number of amides is 1. The van der Waals surface area contributed by atoms with Gasteiger partial charge in [0.1, 0.15) is 0 Å². The Balaban J connectivity index is 3.00. The topological polar surface area (TPSA) is 78.8 Å². The summed E-state index contributed by atoms with van der Waals surface area (Å²) in [6.07, 6.45) is 1.14. The Morgan fingerprint density at radius 2 is 1.90 bits per heavy atom. The molecule has 0 atom stereocenters. The minimum absolute atomic E-state index is 0.378. The van der Waals surface area contributed by atoms with E-state index in [-0.39, 0.29) is 5.91 Å². The highest BCUT2D eigenvalue weighted by atomic mass is 16.5. The van der Waals surface area contributed by atoms with Gasteiger partial charge in [0.25, 0.3) is 0 Å². The molecule has 21 heavy (non-hydrogen) atoms. The van der Waals surface area contributed by atoms with Crippen molar-refractivity contribution in [2.24, 2.45) is 0 Å². The average Bonchev–Trinajstić information content (AvgIpc) is 2.37. The van der Waals surface area contributed by atoms with Crippen LogP contribution in [0.2, 0.25) is 0 Å². The van der Waals surface area contributed by atoms with Crippen molar-refractivity contribution in [1.29, 1.82) is 0 Å². The number of carbonyl (C=O) groups excluding carboxylic acids is 1. The van der Waals surface area contributed by atoms with Gasteiger partial charge in [-0.05, 0) is 39.8 Å². The maximum absolute atomic E-state index is 11.4. The van der Waals surface area contributed by atoms with Crippen LogP contribution in [0.25, 0.3) is 0 Å². The lowest BCUT2D eigenvalue weighted by Crippen LogP contribution is -2.53. The van der Waals surface area contributed by atoms with Gasteiger partial charge in [0.2, 0.25) is 5.91 Å². The van der Waals surface area contributed by atoms with Gasteiger partial charge in [0, 0.05) is 11.2 Å². The Labute approximate surface area is 125 Å². The lowest BCUT2D eigenvalue weighted by Gasteiger charge is -2.38. The van der Waals surface area contributed by atoms with Crippen molar-refractivity contribution in [3.63, 3.8) is 0 Å². The SMILES string of the molecule is C=CC(=O)Nc1ccccc1B(O)OC(C)(C)C(C)(C)O. The Morgan fingerprint density at radius 1 is 1.33 bits per heavy atom. The number of hydrogen-bond donors (Lipinski definition) is 3. The van der Waals surface area contributed by atoms with Gasteiger partial charge in [-0.3, -0.25) is 4.79 Å². The highest BCUT2D eigenvalue weighted by Gasteiger charge is 2.40. The molecule has 5 nitrogen and oxygen atoms in total. The third-order valence-electron chi connectivity index (χ3n) is 3.55. The van der Waals surface area contributed by atoms with Gasteiger partial charge in [-0.2, -0.15) is 0 Å². The van der Waals surface area contributed by atoms with Gasteiger partial charge in [-0.15, -0.1) is 0 Å². The molecule has 0 aliphatic heterocycles. The second-order valence-corrected chi connectivity index (χ2v) is 5.82. The lowest BCUT2D eigenvalue weighted by molar-refractivity contribution is -0.111. The fourth-order valence-corrected chi connectivity index (χ4v) is 1.50. The highest BCUT2D eigenvalue weighted by Crippen LogP contribution is 2.25.